The van der Waals surface area contributed by atoms with E-state index >= 15 is 0 Å². The zero-order valence-electron chi connectivity index (χ0n) is 11.6. The second-order valence-corrected chi connectivity index (χ2v) is 5.98. The molecular formula is C14H21N3O3. The predicted molar refractivity (Wildman–Crippen MR) is 70.8 cm³/mol. The fourth-order valence-electron chi connectivity index (χ4n) is 3.18. The van der Waals surface area contributed by atoms with Gasteiger partial charge in [-0.3, -0.25) is 4.79 Å². The number of nitrogens with zero attached hydrogens (tertiary/aromatic N) is 2. The van der Waals surface area contributed by atoms with Gasteiger partial charge in [0, 0.05) is 6.04 Å². The largest absolute Gasteiger partial charge is 0.380 e. The number of nitrogens with one attached hydrogen (secondary N) is 1. The van der Waals surface area contributed by atoms with E-state index in [0.29, 0.717) is 24.7 Å². The van der Waals surface area contributed by atoms with E-state index < -0.39 is 5.60 Å². The van der Waals surface area contributed by atoms with Crippen molar-refractivity contribution in [1.82, 2.24) is 15.5 Å². The highest BCUT2D eigenvalue weighted by Crippen LogP contribution is 2.37. The van der Waals surface area contributed by atoms with Gasteiger partial charge in [0.1, 0.15) is 5.60 Å². The van der Waals surface area contributed by atoms with E-state index in [1.54, 1.807) is 0 Å². The summed E-state index contributed by atoms with van der Waals surface area (Å²) in [5, 5.41) is 17.1. The van der Waals surface area contributed by atoms with Crippen LogP contribution in [0.4, 0.5) is 0 Å². The van der Waals surface area contributed by atoms with Crippen LogP contribution >= 0.6 is 0 Å². The SMILES string of the molecule is O=C(Cc1noc(C2(O)CCCC2)n1)NC1CCCC1. The molecule has 0 unspecified atom stereocenters. The van der Waals surface area contributed by atoms with Crippen molar-refractivity contribution in [3.8, 4) is 0 Å². The number of aliphatic hydroxyl groups is 1. The normalized spacial score (nSPS) is 22.2. The molecule has 110 valence electrons. The summed E-state index contributed by atoms with van der Waals surface area (Å²) in [7, 11) is 0. The molecule has 2 aliphatic rings. The fraction of sp³-hybridized carbons (Fsp3) is 0.786. The lowest BCUT2D eigenvalue weighted by Crippen LogP contribution is -2.34. The molecule has 1 aromatic heterocycles. The number of aromatic nitrogens is 2. The average molecular weight is 279 g/mol. The monoisotopic (exact) mass is 279 g/mol. The predicted octanol–water partition coefficient (Wildman–Crippen LogP) is 1.43. The van der Waals surface area contributed by atoms with Crippen molar-refractivity contribution in [2.24, 2.45) is 0 Å². The summed E-state index contributed by atoms with van der Waals surface area (Å²) in [5.74, 6) is 0.553. The third-order valence-corrected chi connectivity index (χ3v) is 4.34. The summed E-state index contributed by atoms with van der Waals surface area (Å²) in [6, 6.07) is 0.299. The van der Waals surface area contributed by atoms with E-state index in [1.807, 2.05) is 0 Å². The summed E-state index contributed by atoms with van der Waals surface area (Å²) in [6.45, 7) is 0. The Hall–Kier alpha value is -1.43. The summed E-state index contributed by atoms with van der Waals surface area (Å²) in [5.41, 5.74) is -0.979. The van der Waals surface area contributed by atoms with Gasteiger partial charge in [-0.15, -0.1) is 0 Å². The van der Waals surface area contributed by atoms with Crippen LogP contribution in [0.2, 0.25) is 0 Å². The Bertz CT molecular complexity index is 474. The van der Waals surface area contributed by atoms with Crippen molar-refractivity contribution in [3.05, 3.63) is 11.7 Å². The molecule has 2 N–H and O–H groups in total. The Labute approximate surface area is 117 Å². The van der Waals surface area contributed by atoms with Gasteiger partial charge in [0.05, 0.1) is 6.42 Å². The van der Waals surface area contributed by atoms with Gasteiger partial charge in [-0.25, -0.2) is 0 Å². The van der Waals surface area contributed by atoms with Crippen molar-refractivity contribution >= 4 is 5.91 Å². The molecule has 6 heteroatoms. The van der Waals surface area contributed by atoms with Crippen molar-refractivity contribution in [1.29, 1.82) is 0 Å². The fourth-order valence-corrected chi connectivity index (χ4v) is 3.18. The Balaban J connectivity index is 1.58. The third kappa shape index (κ3) is 2.85. The Morgan fingerprint density at radius 2 is 2.00 bits per heavy atom. The van der Waals surface area contributed by atoms with Gasteiger partial charge in [0.2, 0.25) is 5.91 Å². The van der Waals surface area contributed by atoms with Crippen LogP contribution < -0.4 is 5.32 Å². The van der Waals surface area contributed by atoms with Crippen LogP contribution in [0.5, 0.6) is 0 Å². The quantitative estimate of drug-likeness (QED) is 0.870. The van der Waals surface area contributed by atoms with Gasteiger partial charge in [0.15, 0.2) is 5.82 Å². The van der Waals surface area contributed by atoms with E-state index in [4.69, 9.17) is 4.52 Å². The number of hydrogen-bond acceptors (Lipinski definition) is 5. The Morgan fingerprint density at radius 1 is 1.30 bits per heavy atom. The molecule has 0 radical (unpaired) electrons. The molecule has 0 aromatic carbocycles. The number of carbonyl (C=O) groups is 1. The summed E-state index contributed by atoms with van der Waals surface area (Å²) in [4.78, 5) is 16.1. The minimum atomic E-state index is -0.979. The molecule has 1 aromatic rings. The van der Waals surface area contributed by atoms with Crippen LogP contribution in [0.15, 0.2) is 4.52 Å². The number of hydrogen-bond donors (Lipinski definition) is 2. The molecule has 0 saturated heterocycles. The van der Waals surface area contributed by atoms with Crippen LogP contribution in [-0.2, 0) is 16.8 Å². The molecule has 0 bridgehead atoms. The van der Waals surface area contributed by atoms with Gasteiger partial charge in [-0.2, -0.15) is 4.98 Å². The third-order valence-electron chi connectivity index (χ3n) is 4.34. The molecule has 3 rings (SSSR count). The van der Waals surface area contributed by atoms with Gasteiger partial charge in [-0.05, 0) is 38.5 Å². The Morgan fingerprint density at radius 3 is 2.70 bits per heavy atom. The van der Waals surface area contributed by atoms with E-state index in [9.17, 15) is 9.90 Å². The first kappa shape index (κ1) is 13.5. The zero-order valence-corrected chi connectivity index (χ0v) is 11.6. The lowest BCUT2D eigenvalue weighted by Gasteiger charge is -2.15. The highest BCUT2D eigenvalue weighted by atomic mass is 16.5. The van der Waals surface area contributed by atoms with Crippen LogP contribution in [0.1, 0.15) is 63.1 Å². The molecule has 0 aliphatic heterocycles. The maximum atomic E-state index is 11.9. The van der Waals surface area contributed by atoms with Gasteiger partial charge in [0.25, 0.3) is 5.89 Å². The zero-order chi connectivity index (χ0) is 14.0. The van der Waals surface area contributed by atoms with Crippen molar-refractivity contribution in [3.63, 3.8) is 0 Å². The molecular weight excluding hydrogens is 258 g/mol. The number of amides is 1. The van der Waals surface area contributed by atoms with Crippen LogP contribution in [0.25, 0.3) is 0 Å². The van der Waals surface area contributed by atoms with Gasteiger partial charge in [-0.1, -0.05) is 18.0 Å². The van der Waals surface area contributed by atoms with E-state index in [-0.39, 0.29) is 18.2 Å². The molecule has 1 heterocycles. The molecule has 0 atom stereocenters. The highest BCUT2D eigenvalue weighted by molar-refractivity contribution is 5.78. The average Bonchev–Trinajstić information content (AvgIpc) is 3.11. The number of rotatable bonds is 4. The molecule has 2 fully saturated rings. The maximum Gasteiger partial charge on any atom is 0.258 e. The Kier molecular flexibility index (Phi) is 3.74. The summed E-state index contributed by atoms with van der Waals surface area (Å²) < 4.78 is 5.13. The molecule has 6 nitrogen and oxygen atoms in total. The first-order valence-corrected chi connectivity index (χ1v) is 7.50. The minimum absolute atomic E-state index is 0.0670. The van der Waals surface area contributed by atoms with E-state index in [2.05, 4.69) is 15.5 Å². The minimum Gasteiger partial charge on any atom is -0.380 e. The standard InChI is InChI=1S/C14H21N3O3/c18-12(15-10-5-1-2-6-10)9-11-16-13(20-17-11)14(19)7-3-4-8-14/h10,19H,1-9H2,(H,15,18). The first-order chi connectivity index (χ1) is 9.66. The topological polar surface area (TPSA) is 88.2 Å². The lowest BCUT2D eigenvalue weighted by atomic mass is 10.0. The van der Waals surface area contributed by atoms with E-state index in [1.165, 1.54) is 12.8 Å². The van der Waals surface area contributed by atoms with Crippen LogP contribution in [0.3, 0.4) is 0 Å². The van der Waals surface area contributed by atoms with Gasteiger partial charge >= 0.3 is 0 Å². The summed E-state index contributed by atoms with van der Waals surface area (Å²) >= 11 is 0. The highest BCUT2D eigenvalue weighted by Gasteiger charge is 2.38. The number of carbonyl (C=O) groups excluding carboxylic acids is 1. The molecule has 1 amide bonds. The second-order valence-electron chi connectivity index (χ2n) is 5.98. The molecule has 2 aliphatic carbocycles. The maximum absolute atomic E-state index is 11.9. The van der Waals surface area contributed by atoms with Gasteiger partial charge < -0.3 is 14.9 Å². The van der Waals surface area contributed by atoms with E-state index in [0.717, 1.165) is 25.7 Å². The smallest absolute Gasteiger partial charge is 0.258 e. The lowest BCUT2D eigenvalue weighted by molar-refractivity contribution is -0.121. The van der Waals surface area contributed by atoms with Crippen molar-refractivity contribution < 1.29 is 14.4 Å². The molecule has 2 saturated carbocycles. The van der Waals surface area contributed by atoms with Crippen molar-refractivity contribution in [2.75, 3.05) is 0 Å². The molecule has 20 heavy (non-hydrogen) atoms. The van der Waals surface area contributed by atoms with Crippen LogP contribution in [-0.4, -0.2) is 27.2 Å². The van der Waals surface area contributed by atoms with Crippen molar-refractivity contribution in [2.45, 2.75) is 69.4 Å². The molecule has 0 spiro atoms. The first-order valence-electron chi connectivity index (χ1n) is 7.50. The summed E-state index contributed by atoms with van der Waals surface area (Å²) in [6.07, 6.45) is 7.86. The second kappa shape index (κ2) is 5.52. The van der Waals surface area contributed by atoms with Crippen LogP contribution in [0, 0.1) is 0 Å².